The van der Waals surface area contributed by atoms with Crippen molar-refractivity contribution < 1.29 is 48.3 Å². The van der Waals surface area contributed by atoms with E-state index in [1.54, 1.807) is 18.0 Å². The second-order valence-corrected chi connectivity index (χ2v) is 17.0. The lowest BCUT2D eigenvalue weighted by Crippen LogP contribution is -2.51. The fourth-order valence-electron chi connectivity index (χ4n) is 7.07. The average molecular weight is 956 g/mol. The highest BCUT2D eigenvalue weighted by Crippen LogP contribution is 2.28. The summed E-state index contributed by atoms with van der Waals surface area (Å²) in [5.41, 5.74) is 15.8. The molecule has 2 atom stereocenters. The van der Waals surface area contributed by atoms with Crippen LogP contribution in [0.5, 0.6) is 5.75 Å². The Hall–Kier alpha value is -5.79. The number of carboxylic acids is 2. The SMILES string of the molecule is CCCCCNc1nc(N)nc2ccn(Cc3ccc(CN4CCN(C(=O)NCCOCCOCCOCCn5cc(CNC(=O)C(CC(=O)O)SCC(N)C(=O)O)nn5)CC4)cc3OC)c12. The number of urea groups is 1. The van der Waals surface area contributed by atoms with Gasteiger partial charge in [-0.05, 0) is 24.1 Å². The molecule has 0 saturated carbocycles. The number of nitrogens with one attached hydrogen (secondary N) is 3. The van der Waals surface area contributed by atoms with E-state index in [0.29, 0.717) is 78.1 Å². The predicted octanol–water partition coefficient (Wildman–Crippen LogP) is 1.45. The molecular weight excluding hydrogens is 891 g/mol. The number of anilines is 2. The molecule has 5 rings (SSSR count). The zero-order chi connectivity index (χ0) is 48.0. The van der Waals surface area contributed by atoms with Gasteiger partial charge in [-0.3, -0.25) is 19.3 Å². The van der Waals surface area contributed by atoms with E-state index in [1.165, 1.54) is 0 Å². The summed E-state index contributed by atoms with van der Waals surface area (Å²) < 4.78 is 26.3. The molecule has 1 saturated heterocycles. The number of fused-ring (bicyclic) bond motifs is 1. The van der Waals surface area contributed by atoms with E-state index in [9.17, 15) is 19.2 Å². The van der Waals surface area contributed by atoms with Crippen LogP contribution in [0.4, 0.5) is 16.6 Å². The van der Waals surface area contributed by atoms with Gasteiger partial charge < -0.3 is 66.0 Å². The van der Waals surface area contributed by atoms with Crippen LogP contribution < -0.4 is 32.2 Å². The van der Waals surface area contributed by atoms with E-state index in [4.69, 9.17) is 40.6 Å². The molecule has 1 fully saturated rings. The summed E-state index contributed by atoms with van der Waals surface area (Å²) in [5.74, 6) is -1.33. The number of carbonyl (C=O) groups excluding carboxylic acids is 2. The second-order valence-electron chi connectivity index (χ2n) is 15.8. The number of piperazine rings is 1. The quantitative estimate of drug-likeness (QED) is 0.0351. The smallest absolute Gasteiger partial charge is 0.321 e. The van der Waals surface area contributed by atoms with Crippen LogP contribution >= 0.6 is 11.8 Å². The largest absolute Gasteiger partial charge is 0.496 e. The average Bonchev–Trinajstić information content (AvgIpc) is 3.95. The van der Waals surface area contributed by atoms with Crippen molar-refractivity contribution in [2.24, 2.45) is 5.73 Å². The van der Waals surface area contributed by atoms with Gasteiger partial charge in [0.05, 0.1) is 89.8 Å². The molecule has 368 valence electrons. The first-order valence-corrected chi connectivity index (χ1v) is 23.5. The molecule has 3 aromatic heterocycles. The number of carboxylic acid groups (broad SMARTS) is 2. The molecule has 24 heteroatoms. The van der Waals surface area contributed by atoms with Gasteiger partial charge in [0.1, 0.15) is 23.0 Å². The van der Waals surface area contributed by atoms with Crippen LogP contribution in [0, 0.1) is 0 Å². The van der Waals surface area contributed by atoms with Crippen molar-refractivity contribution >= 4 is 58.4 Å². The molecule has 0 spiro atoms. The predicted molar refractivity (Wildman–Crippen MR) is 251 cm³/mol. The van der Waals surface area contributed by atoms with Crippen LogP contribution in [0.1, 0.15) is 49.4 Å². The van der Waals surface area contributed by atoms with E-state index in [0.717, 1.165) is 90.9 Å². The standard InChI is InChI=1S/C43H65N13O10S/c1-3-4-5-9-46-39-38-34(49-42(45)50-39)8-11-55(38)27-31-7-6-30(23-35(31)63-2)26-53-12-14-54(15-13-53)43(62)47-10-17-64-19-21-66-22-20-65-18-16-56-28-32(51-52-56)25-48-40(59)36(24-37(57)58)67-29-33(44)41(60)61/h6-8,11,23,28,33,36H,3-5,9-10,12-22,24-27,29,44H2,1-2H3,(H,47,62)(H,48,59)(H,57,58)(H,60,61)(H3,45,46,49,50). The Bertz CT molecular complexity index is 2190. The Kier molecular flexibility index (Phi) is 21.6. The first kappa shape index (κ1) is 52.2. The van der Waals surface area contributed by atoms with Gasteiger partial charge in [-0.15, -0.1) is 16.9 Å². The molecule has 1 aliphatic heterocycles. The summed E-state index contributed by atoms with van der Waals surface area (Å²) in [6.07, 6.45) is 6.48. The third kappa shape index (κ3) is 17.4. The maximum absolute atomic E-state index is 12.8. The Labute approximate surface area is 393 Å². The number of nitrogen functional groups attached to an aromatic ring is 1. The molecule has 0 bridgehead atoms. The molecule has 4 heterocycles. The molecule has 23 nitrogen and oxygen atoms in total. The summed E-state index contributed by atoms with van der Waals surface area (Å²) in [6, 6.07) is 6.96. The number of nitrogens with two attached hydrogens (primary N) is 2. The number of hydrogen-bond acceptors (Lipinski definition) is 17. The number of hydrogen-bond donors (Lipinski definition) is 7. The van der Waals surface area contributed by atoms with Crippen molar-refractivity contribution in [2.45, 2.75) is 70.1 Å². The van der Waals surface area contributed by atoms with Crippen LogP contribution in [-0.2, 0) is 54.8 Å². The number of nitrogens with zero attached hydrogens (tertiary/aromatic N) is 8. The van der Waals surface area contributed by atoms with Gasteiger partial charge in [-0.1, -0.05) is 37.1 Å². The van der Waals surface area contributed by atoms with Gasteiger partial charge in [0.2, 0.25) is 11.9 Å². The van der Waals surface area contributed by atoms with Gasteiger partial charge in [-0.25, -0.2) is 14.5 Å². The summed E-state index contributed by atoms with van der Waals surface area (Å²) in [7, 11) is 1.69. The monoisotopic (exact) mass is 955 g/mol. The summed E-state index contributed by atoms with van der Waals surface area (Å²) >= 11 is 0.871. The maximum Gasteiger partial charge on any atom is 0.321 e. The van der Waals surface area contributed by atoms with Crippen molar-refractivity contribution in [3.05, 3.63) is 53.5 Å². The lowest BCUT2D eigenvalue weighted by molar-refractivity contribution is -0.138. The molecule has 67 heavy (non-hydrogen) atoms. The first-order chi connectivity index (χ1) is 32.4. The molecule has 0 aliphatic carbocycles. The summed E-state index contributed by atoms with van der Waals surface area (Å²) in [5, 5.41) is 34.1. The van der Waals surface area contributed by atoms with Gasteiger partial charge in [0.15, 0.2) is 5.82 Å². The number of thioether (sulfide) groups is 1. The summed E-state index contributed by atoms with van der Waals surface area (Å²) in [6.45, 7) is 10.0. The number of unbranched alkanes of at least 4 members (excludes halogenated alkanes) is 2. The molecule has 9 N–H and O–H groups in total. The highest BCUT2D eigenvalue weighted by molar-refractivity contribution is 8.00. The Morgan fingerprint density at radius 3 is 2.37 bits per heavy atom. The number of aromatic nitrogens is 6. The van der Waals surface area contributed by atoms with Crippen LogP contribution in [0.3, 0.4) is 0 Å². The highest BCUT2D eigenvalue weighted by atomic mass is 32.2. The zero-order valence-corrected chi connectivity index (χ0v) is 39.1. The minimum atomic E-state index is -1.24. The zero-order valence-electron chi connectivity index (χ0n) is 38.3. The normalized spacial score (nSPS) is 13.9. The Morgan fingerprint density at radius 1 is 0.910 bits per heavy atom. The molecule has 1 aliphatic rings. The van der Waals surface area contributed by atoms with E-state index in [-0.39, 0.29) is 24.3 Å². The second kappa shape index (κ2) is 27.8. The van der Waals surface area contributed by atoms with Crippen molar-refractivity contribution in [2.75, 3.05) is 103 Å². The maximum atomic E-state index is 12.8. The highest BCUT2D eigenvalue weighted by Gasteiger charge is 2.25. The number of methoxy groups -OCH3 is 1. The third-order valence-electron chi connectivity index (χ3n) is 10.7. The van der Waals surface area contributed by atoms with Crippen LogP contribution in [0.15, 0.2) is 36.7 Å². The topological polar surface area (TPSA) is 302 Å². The van der Waals surface area contributed by atoms with Crippen molar-refractivity contribution in [1.29, 1.82) is 0 Å². The lowest BCUT2D eigenvalue weighted by atomic mass is 10.1. The van der Waals surface area contributed by atoms with E-state index in [2.05, 4.69) is 70.8 Å². The van der Waals surface area contributed by atoms with Gasteiger partial charge in [0.25, 0.3) is 0 Å². The van der Waals surface area contributed by atoms with E-state index in [1.807, 2.05) is 17.2 Å². The van der Waals surface area contributed by atoms with Crippen LogP contribution in [-0.4, -0.2) is 176 Å². The van der Waals surface area contributed by atoms with Crippen LogP contribution in [0.25, 0.3) is 11.0 Å². The third-order valence-corrected chi connectivity index (χ3v) is 12.0. The number of carbonyl (C=O) groups is 4. The molecule has 0 radical (unpaired) electrons. The van der Waals surface area contributed by atoms with Crippen molar-refractivity contribution in [3.63, 3.8) is 0 Å². The molecule has 4 aromatic rings. The lowest BCUT2D eigenvalue weighted by Gasteiger charge is -2.34. The van der Waals surface area contributed by atoms with Gasteiger partial charge in [0, 0.05) is 63.3 Å². The van der Waals surface area contributed by atoms with E-state index >= 15 is 0 Å². The first-order valence-electron chi connectivity index (χ1n) is 22.4. The molecular formula is C43H65N13O10S. The number of ether oxygens (including phenoxy) is 4. The van der Waals surface area contributed by atoms with Crippen LogP contribution in [0.2, 0.25) is 0 Å². The number of aliphatic carboxylic acids is 2. The Morgan fingerprint density at radius 2 is 1.66 bits per heavy atom. The van der Waals surface area contributed by atoms with E-state index < -0.39 is 35.6 Å². The fraction of sp³-hybridized carbons (Fsp3) is 0.581. The van der Waals surface area contributed by atoms with Crippen molar-refractivity contribution in [1.82, 2.24) is 50.0 Å². The number of benzene rings is 1. The van der Waals surface area contributed by atoms with Crippen molar-refractivity contribution in [3.8, 4) is 5.75 Å². The minimum absolute atomic E-state index is 0.0123. The number of amides is 3. The Balaban J connectivity index is 0.889. The number of rotatable bonds is 31. The fourth-order valence-corrected chi connectivity index (χ4v) is 8.15. The van der Waals surface area contributed by atoms with Gasteiger partial charge in [-0.2, -0.15) is 4.98 Å². The summed E-state index contributed by atoms with van der Waals surface area (Å²) in [4.78, 5) is 60.6. The molecule has 2 unspecified atom stereocenters. The molecule has 3 amide bonds. The minimum Gasteiger partial charge on any atom is -0.496 e. The molecule has 1 aromatic carbocycles. The van der Waals surface area contributed by atoms with Gasteiger partial charge >= 0.3 is 18.0 Å².